The highest BCUT2D eigenvalue weighted by atomic mass is 35.5. The lowest BCUT2D eigenvalue weighted by Crippen LogP contribution is -2.33. The number of hydrogen-bond donors (Lipinski definition) is 3. The van der Waals surface area contributed by atoms with E-state index in [0.29, 0.717) is 58.5 Å². The number of likely N-dealkylation sites (tertiary alicyclic amines) is 1. The van der Waals surface area contributed by atoms with Crippen LogP contribution in [-0.2, 0) is 11.3 Å². The van der Waals surface area contributed by atoms with Crippen LogP contribution in [0.1, 0.15) is 23.7 Å². The van der Waals surface area contributed by atoms with E-state index < -0.39 is 12.1 Å². The number of nitrogens with zero attached hydrogens (tertiary/aromatic N) is 6. The summed E-state index contributed by atoms with van der Waals surface area (Å²) >= 11 is 6.24. The molecule has 0 spiro atoms. The number of anilines is 1. The number of carboxylic acid groups (broad SMARTS) is 1. The van der Waals surface area contributed by atoms with Gasteiger partial charge < -0.3 is 25.6 Å². The van der Waals surface area contributed by atoms with Crippen LogP contribution in [0.25, 0.3) is 33.8 Å². The molecule has 4 heterocycles. The molecule has 1 fully saturated rings. The quantitative estimate of drug-likeness (QED) is 0.318. The Morgan fingerprint density at radius 3 is 2.55 bits per heavy atom. The summed E-state index contributed by atoms with van der Waals surface area (Å²) in [7, 11) is 1.91. The van der Waals surface area contributed by atoms with Gasteiger partial charge in [-0.2, -0.15) is 13.2 Å². The topological polar surface area (TPSA) is 165 Å². The van der Waals surface area contributed by atoms with E-state index in [9.17, 15) is 18.0 Å². The van der Waals surface area contributed by atoms with Crippen LogP contribution >= 0.6 is 11.6 Å². The Bertz CT molecular complexity index is 1550. The number of carbonyl (C=O) groups excluding carboxylic acids is 1. The smallest absolute Gasteiger partial charge is 0.475 e. The van der Waals surface area contributed by atoms with E-state index in [1.807, 2.05) is 41.6 Å². The molecule has 1 unspecified atom stereocenters. The van der Waals surface area contributed by atoms with E-state index in [4.69, 9.17) is 36.8 Å². The molecule has 1 aliphatic heterocycles. The van der Waals surface area contributed by atoms with Crippen molar-refractivity contribution < 1.29 is 32.5 Å². The number of pyridine rings is 1. The predicted molar refractivity (Wildman–Crippen MR) is 138 cm³/mol. The summed E-state index contributed by atoms with van der Waals surface area (Å²) < 4.78 is 38.5. The van der Waals surface area contributed by atoms with Gasteiger partial charge in [-0.25, -0.2) is 14.4 Å². The van der Waals surface area contributed by atoms with Gasteiger partial charge in [0.15, 0.2) is 17.3 Å². The number of rotatable bonds is 5. The van der Waals surface area contributed by atoms with Gasteiger partial charge in [0.25, 0.3) is 5.91 Å². The summed E-state index contributed by atoms with van der Waals surface area (Å²) in [6, 6.07) is 7.65. The molecule has 40 heavy (non-hydrogen) atoms. The number of aromatic nitrogens is 5. The Morgan fingerprint density at radius 1 is 1.27 bits per heavy atom. The fourth-order valence-corrected chi connectivity index (χ4v) is 4.53. The van der Waals surface area contributed by atoms with Crippen molar-refractivity contribution in [1.29, 1.82) is 0 Å². The second-order valence-corrected chi connectivity index (χ2v) is 9.17. The Balaban J connectivity index is 0.000000470. The lowest BCUT2D eigenvalue weighted by Gasteiger charge is -2.18. The number of hydrogen-bond acceptors (Lipinski definition) is 9. The number of fused-ring (bicyclic) bond motifs is 1. The van der Waals surface area contributed by atoms with Crippen molar-refractivity contribution in [2.24, 2.45) is 0 Å². The van der Waals surface area contributed by atoms with Gasteiger partial charge >= 0.3 is 12.1 Å². The number of likely N-dealkylation sites (N-methyl/N-ethyl adjacent to an activating group) is 1. The van der Waals surface area contributed by atoms with Crippen LogP contribution in [0.5, 0.6) is 0 Å². The molecule has 4 aromatic rings. The number of nitrogens with one attached hydrogen (secondary N) is 1. The maximum atomic E-state index is 13.6. The number of carboxylic acids is 1. The van der Waals surface area contributed by atoms with E-state index in [0.717, 1.165) is 12.0 Å². The number of amides is 1. The number of imidazole rings is 1. The minimum absolute atomic E-state index is 0.0877. The zero-order valence-electron chi connectivity index (χ0n) is 21.2. The van der Waals surface area contributed by atoms with E-state index in [1.165, 1.54) is 0 Å². The lowest BCUT2D eigenvalue weighted by atomic mass is 10.1. The summed E-state index contributed by atoms with van der Waals surface area (Å²) in [4.78, 5) is 33.8. The summed E-state index contributed by atoms with van der Waals surface area (Å²) in [5.41, 5.74) is 9.41. The van der Waals surface area contributed by atoms with E-state index in [-0.39, 0.29) is 17.8 Å². The largest absolute Gasteiger partial charge is 0.490 e. The molecule has 1 aromatic carbocycles. The third-order valence-electron chi connectivity index (χ3n) is 6.27. The number of benzene rings is 1. The minimum atomic E-state index is -5.08. The second-order valence-electron chi connectivity index (χ2n) is 8.73. The van der Waals surface area contributed by atoms with Gasteiger partial charge in [-0.1, -0.05) is 23.7 Å². The number of alkyl halides is 3. The maximum Gasteiger partial charge on any atom is 0.490 e. The molecule has 212 valence electrons. The molecular weight excluding hydrogens is 557 g/mol. The molecule has 3 aromatic heterocycles. The fraction of sp³-hybridized carbons (Fsp3) is 0.333. The molecule has 12 nitrogen and oxygen atoms in total. The number of aryl methyl sites for hydroxylation is 1. The van der Waals surface area contributed by atoms with Crippen LogP contribution in [0.4, 0.5) is 19.0 Å². The molecule has 0 bridgehead atoms. The maximum absolute atomic E-state index is 13.6. The third kappa shape index (κ3) is 5.70. The molecule has 0 radical (unpaired) electrons. The highest BCUT2D eigenvalue weighted by molar-refractivity contribution is 6.30. The monoisotopic (exact) mass is 580 g/mol. The molecule has 1 aliphatic rings. The van der Waals surface area contributed by atoms with Crippen LogP contribution in [0, 0.1) is 0 Å². The first kappa shape index (κ1) is 28.8. The highest BCUT2D eigenvalue weighted by Gasteiger charge is 2.38. The van der Waals surface area contributed by atoms with Crippen molar-refractivity contribution in [2.45, 2.75) is 32.1 Å². The Labute approximate surface area is 229 Å². The molecular formula is C24H24ClF3N8O4. The molecule has 5 rings (SSSR count). The first-order valence-corrected chi connectivity index (χ1v) is 12.3. The molecule has 0 saturated carbocycles. The number of nitrogens with two attached hydrogens (primary N) is 1. The van der Waals surface area contributed by atoms with Crippen molar-refractivity contribution >= 4 is 40.3 Å². The SMILES string of the molecule is CCn1c(-c2nonc2N)nc2c(-c3cccc(Cl)c3)ncc(C(=O)N3CCC(NC)C3)c21.O=C(O)C(F)(F)F. The second kappa shape index (κ2) is 11.5. The van der Waals surface area contributed by atoms with Gasteiger partial charge in [-0.05, 0) is 42.8 Å². The van der Waals surface area contributed by atoms with E-state index >= 15 is 0 Å². The van der Waals surface area contributed by atoms with Crippen LogP contribution in [0.3, 0.4) is 0 Å². The van der Waals surface area contributed by atoms with Gasteiger partial charge in [0.1, 0.15) is 5.52 Å². The Kier molecular flexibility index (Phi) is 8.25. The van der Waals surface area contributed by atoms with Crippen molar-refractivity contribution in [3.63, 3.8) is 0 Å². The van der Waals surface area contributed by atoms with Crippen LogP contribution < -0.4 is 11.1 Å². The van der Waals surface area contributed by atoms with Crippen LogP contribution in [-0.4, -0.2) is 79.1 Å². The van der Waals surface area contributed by atoms with Crippen LogP contribution in [0.15, 0.2) is 35.1 Å². The van der Waals surface area contributed by atoms with Crippen molar-refractivity contribution in [1.82, 2.24) is 35.1 Å². The van der Waals surface area contributed by atoms with Gasteiger partial charge in [0.2, 0.25) is 0 Å². The summed E-state index contributed by atoms with van der Waals surface area (Å²) in [5.74, 6) is -2.25. The van der Waals surface area contributed by atoms with Gasteiger partial charge in [0.05, 0.1) is 16.8 Å². The normalized spacial score (nSPS) is 15.2. The molecule has 1 amide bonds. The summed E-state index contributed by atoms with van der Waals surface area (Å²) in [6.45, 7) is 3.81. The first-order valence-electron chi connectivity index (χ1n) is 12.0. The van der Waals surface area contributed by atoms with Crippen LogP contribution in [0.2, 0.25) is 5.02 Å². The molecule has 0 aliphatic carbocycles. The molecule has 16 heteroatoms. The summed E-state index contributed by atoms with van der Waals surface area (Å²) in [5, 5.41) is 18.6. The average Bonchev–Trinajstić information content (AvgIpc) is 3.65. The van der Waals surface area contributed by atoms with E-state index in [2.05, 4.69) is 20.6 Å². The lowest BCUT2D eigenvalue weighted by molar-refractivity contribution is -0.192. The third-order valence-corrected chi connectivity index (χ3v) is 6.50. The molecule has 1 atom stereocenters. The molecule has 4 N–H and O–H groups in total. The predicted octanol–water partition coefficient (Wildman–Crippen LogP) is 3.47. The molecule has 1 saturated heterocycles. The fourth-order valence-electron chi connectivity index (χ4n) is 4.34. The standard InChI is InChI=1S/C22H23ClN8O2.C2HF3O2/c1-3-31-19-15(22(32)30-8-7-14(11-30)25-2)10-26-16(12-5-4-6-13(23)9-12)17(19)27-21(31)18-20(24)29-33-28-18;3-2(4,5)1(6)7/h4-6,9-10,14,25H,3,7-8,11H2,1-2H3,(H2,24,29);(H,6,7). The van der Waals surface area contributed by atoms with Crippen molar-refractivity contribution in [2.75, 3.05) is 25.9 Å². The number of halogens is 4. The van der Waals surface area contributed by atoms with Gasteiger partial charge in [-0.15, -0.1) is 0 Å². The summed E-state index contributed by atoms with van der Waals surface area (Å²) in [6.07, 6.45) is -2.56. The Hall–Kier alpha value is -4.24. The number of carbonyl (C=O) groups is 2. The number of aliphatic carboxylic acids is 1. The first-order chi connectivity index (χ1) is 19.0. The zero-order chi connectivity index (χ0) is 29.2. The highest BCUT2D eigenvalue weighted by Crippen LogP contribution is 2.35. The van der Waals surface area contributed by atoms with Crippen molar-refractivity contribution in [3.05, 3.63) is 41.0 Å². The average molecular weight is 581 g/mol. The minimum Gasteiger partial charge on any atom is -0.475 e. The Morgan fingerprint density at radius 2 is 2.00 bits per heavy atom. The van der Waals surface area contributed by atoms with Gasteiger partial charge in [0, 0.05) is 42.5 Å². The van der Waals surface area contributed by atoms with Crippen molar-refractivity contribution in [3.8, 4) is 22.8 Å². The zero-order valence-corrected chi connectivity index (χ0v) is 22.0. The van der Waals surface area contributed by atoms with E-state index in [1.54, 1.807) is 12.3 Å². The number of nitrogen functional groups attached to an aromatic ring is 1. The van der Waals surface area contributed by atoms with Gasteiger partial charge in [-0.3, -0.25) is 9.78 Å².